The van der Waals surface area contributed by atoms with Gasteiger partial charge in [0.15, 0.2) is 0 Å². The van der Waals surface area contributed by atoms with E-state index in [1.165, 1.54) is 32.1 Å². The van der Waals surface area contributed by atoms with Crippen molar-refractivity contribution in [1.82, 2.24) is 20.3 Å². The quantitative estimate of drug-likeness (QED) is 0.214. The van der Waals surface area contributed by atoms with E-state index in [9.17, 15) is 4.79 Å². The number of ether oxygens (including phenoxy) is 3. The molecule has 0 saturated carbocycles. The fourth-order valence-corrected chi connectivity index (χ4v) is 4.02. The van der Waals surface area contributed by atoms with Crippen LogP contribution in [0.15, 0.2) is 30.3 Å². The maximum Gasteiger partial charge on any atom is 0.251 e. The van der Waals surface area contributed by atoms with Crippen LogP contribution in [0.5, 0.6) is 0 Å². The molecule has 0 atom stereocenters. The van der Waals surface area contributed by atoms with Crippen LogP contribution in [0.4, 0.5) is 17.8 Å². The Balaban J connectivity index is 1.31. The first-order valence-electron chi connectivity index (χ1n) is 14.3. The molecule has 0 spiro atoms. The van der Waals surface area contributed by atoms with Crippen molar-refractivity contribution in [2.75, 3.05) is 87.9 Å². The summed E-state index contributed by atoms with van der Waals surface area (Å²) in [5, 5.41) is 9.47. The summed E-state index contributed by atoms with van der Waals surface area (Å²) < 4.78 is 16.7. The molecule has 216 valence electrons. The van der Waals surface area contributed by atoms with Gasteiger partial charge in [-0.15, -0.1) is 0 Å². The molecule has 1 saturated heterocycles. The van der Waals surface area contributed by atoms with Crippen molar-refractivity contribution in [2.24, 2.45) is 0 Å². The lowest BCUT2D eigenvalue weighted by Crippen LogP contribution is -2.37. The van der Waals surface area contributed by atoms with E-state index in [1.807, 2.05) is 18.2 Å². The Morgan fingerprint density at radius 1 is 0.821 bits per heavy atom. The number of anilines is 3. The number of nitrogens with zero attached hydrogens (tertiary/aromatic N) is 4. The largest absolute Gasteiger partial charge is 0.378 e. The van der Waals surface area contributed by atoms with E-state index in [2.05, 4.69) is 42.7 Å². The van der Waals surface area contributed by atoms with Crippen LogP contribution in [0.3, 0.4) is 0 Å². The van der Waals surface area contributed by atoms with Gasteiger partial charge in [0.1, 0.15) is 0 Å². The van der Waals surface area contributed by atoms with Gasteiger partial charge in [-0.2, -0.15) is 15.0 Å². The lowest BCUT2D eigenvalue weighted by Gasteiger charge is -2.27. The highest BCUT2D eigenvalue weighted by molar-refractivity contribution is 5.94. The maximum atomic E-state index is 12.0. The molecule has 3 rings (SSSR count). The van der Waals surface area contributed by atoms with E-state index in [-0.39, 0.29) is 5.91 Å². The Morgan fingerprint density at radius 3 is 2.18 bits per heavy atom. The highest BCUT2D eigenvalue weighted by Gasteiger charge is 2.16. The van der Waals surface area contributed by atoms with Gasteiger partial charge in [-0.05, 0) is 18.6 Å². The Labute approximate surface area is 232 Å². The van der Waals surface area contributed by atoms with Gasteiger partial charge in [0.25, 0.3) is 5.91 Å². The van der Waals surface area contributed by atoms with Crippen LogP contribution in [-0.2, 0) is 14.2 Å². The van der Waals surface area contributed by atoms with Gasteiger partial charge in [-0.25, -0.2) is 0 Å². The number of aromatic nitrogens is 3. The van der Waals surface area contributed by atoms with Crippen LogP contribution in [0.25, 0.3) is 0 Å². The van der Waals surface area contributed by atoms with Crippen LogP contribution in [0.2, 0.25) is 0 Å². The van der Waals surface area contributed by atoms with Gasteiger partial charge in [0, 0.05) is 38.3 Å². The number of unbranched alkanes of at least 4 members (excludes halogenated alkanes) is 5. The lowest BCUT2D eigenvalue weighted by atomic mass is 10.1. The topological polar surface area (TPSA) is 123 Å². The molecule has 1 amide bonds. The molecule has 0 aliphatic carbocycles. The highest BCUT2D eigenvalue weighted by Crippen LogP contribution is 2.15. The Kier molecular flexibility index (Phi) is 15.0. The zero-order chi connectivity index (χ0) is 27.4. The molecule has 11 heteroatoms. The first-order valence-corrected chi connectivity index (χ1v) is 14.3. The zero-order valence-corrected chi connectivity index (χ0v) is 23.3. The van der Waals surface area contributed by atoms with Crippen LogP contribution in [0.1, 0.15) is 55.8 Å². The van der Waals surface area contributed by atoms with Gasteiger partial charge < -0.3 is 35.1 Å². The van der Waals surface area contributed by atoms with Crippen molar-refractivity contribution in [1.29, 1.82) is 0 Å². The SMILES string of the molecule is CCCCCCCCNc1nc(NCCOCCOCCNC(=O)c2ccccc2)nc(N2CCOCC2)n1. The molecule has 1 aromatic heterocycles. The third-order valence-corrected chi connectivity index (χ3v) is 6.20. The first kappa shape index (κ1) is 30.5. The van der Waals surface area contributed by atoms with E-state index < -0.39 is 0 Å². The van der Waals surface area contributed by atoms with E-state index in [0.29, 0.717) is 76.1 Å². The smallest absolute Gasteiger partial charge is 0.251 e. The lowest BCUT2D eigenvalue weighted by molar-refractivity contribution is 0.0519. The van der Waals surface area contributed by atoms with Crippen molar-refractivity contribution in [3.05, 3.63) is 35.9 Å². The van der Waals surface area contributed by atoms with Crippen LogP contribution >= 0.6 is 0 Å². The number of benzene rings is 1. The third kappa shape index (κ3) is 12.6. The number of hydrogen-bond acceptors (Lipinski definition) is 10. The molecule has 1 fully saturated rings. The molecule has 0 unspecified atom stereocenters. The molecule has 11 nitrogen and oxygen atoms in total. The second-order valence-electron chi connectivity index (χ2n) is 9.35. The number of amides is 1. The minimum Gasteiger partial charge on any atom is -0.378 e. The maximum absolute atomic E-state index is 12.0. The molecule has 1 aliphatic rings. The van der Waals surface area contributed by atoms with E-state index in [0.717, 1.165) is 26.1 Å². The predicted octanol–water partition coefficient (Wildman–Crippen LogP) is 3.36. The van der Waals surface area contributed by atoms with Gasteiger partial charge in [-0.3, -0.25) is 4.79 Å². The summed E-state index contributed by atoms with van der Waals surface area (Å²) >= 11 is 0. The minimum absolute atomic E-state index is 0.0996. The number of carbonyl (C=O) groups is 1. The zero-order valence-electron chi connectivity index (χ0n) is 23.3. The average Bonchev–Trinajstić information content (AvgIpc) is 2.98. The van der Waals surface area contributed by atoms with Gasteiger partial charge >= 0.3 is 0 Å². The summed E-state index contributed by atoms with van der Waals surface area (Å²) in [5.74, 6) is 1.69. The summed E-state index contributed by atoms with van der Waals surface area (Å²) in [6, 6.07) is 9.14. The Bertz CT molecular complexity index is 929. The predicted molar refractivity (Wildman–Crippen MR) is 154 cm³/mol. The number of rotatable bonds is 20. The summed E-state index contributed by atoms with van der Waals surface area (Å²) in [6.45, 7) is 8.82. The van der Waals surface area contributed by atoms with Gasteiger partial charge in [0.05, 0.1) is 39.6 Å². The molecule has 2 heterocycles. The second-order valence-corrected chi connectivity index (χ2v) is 9.35. The monoisotopic (exact) mass is 543 g/mol. The fraction of sp³-hybridized carbons (Fsp3) is 0.643. The molecule has 1 aromatic carbocycles. The highest BCUT2D eigenvalue weighted by atomic mass is 16.5. The van der Waals surface area contributed by atoms with Crippen molar-refractivity contribution < 1.29 is 19.0 Å². The summed E-state index contributed by atoms with van der Waals surface area (Å²) in [4.78, 5) is 27.9. The molecule has 39 heavy (non-hydrogen) atoms. The standard InChI is InChI=1S/C28H45N7O4/c1-2-3-4-5-6-10-13-30-26-32-27(34-28(33-26)35-16-20-39-21-17-35)31-15-19-38-23-22-37-18-14-29-25(36)24-11-8-7-9-12-24/h7-9,11-12H,2-6,10,13-23H2,1H3,(H,29,36)(H2,30,31,32,33,34). The van der Waals surface area contributed by atoms with E-state index >= 15 is 0 Å². The number of carbonyl (C=O) groups excluding carboxylic acids is 1. The van der Waals surface area contributed by atoms with Gasteiger partial charge in [-0.1, -0.05) is 57.2 Å². The normalized spacial score (nSPS) is 13.3. The van der Waals surface area contributed by atoms with Crippen molar-refractivity contribution >= 4 is 23.8 Å². The van der Waals surface area contributed by atoms with Crippen LogP contribution in [-0.4, -0.2) is 93.2 Å². The summed E-state index contributed by atoms with van der Waals surface area (Å²) in [6.07, 6.45) is 7.46. The molecule has 0 radical (unpaired) electrons. The molecule has 1 aliphatic heterocycles. The van der Waals surface area contributed by atoms with Crippen LogP contribution < -0.4 is 20.9 Å². The third-order valence-electron chi connectivity index (χ3n) is 6.20. The first-order chi connectivity index (χ1) is 19.3. The number of hydrogen-bond donors (Lipinski definition) is 3. The van der Waals surface area contributed by atoms with Crippen molar-refractivity contribution in [3.8, 4) is 0 Å². The number of nitrogens with one attached hydrogen (secondary N) is 3. The van der Waals surface area contributed by atoms with E-state index in [4.69, 9.17) is 14.2 Å². The van der Waals surface area contributed by atoms with Crippen molar-refractivity contribution in [2.45, 2.75) is 45.4 Å². The molecular formula is C28H45N7O4. The number of morpholine rings is 1. The Hall–Kier alpha value is -3.02. The molecule has 2 aromatic rings. The Morgan fingerprint density at radius 2 is 1.46 bits per heavy atom. The average molecular weight is 544 g/mol. The van der Waals surface area contributed by atoms with Gasteiger partial charge in [0.2, 0.25) is 17.8 Å². The van der Waals surface area contributed by atoms with Crippen molar-refractivity contribution in [3.63, 3.8) is 0 Å². The fourth-order valence-electron chi connectivity index (χ4n) is 4.02. The van der Waals surface area contributed by atoms with Crippen LogP contribution in [0, 0.1) is 0 Å². The van der Waals surface area contributed by atoms with E-state index in [1.54, 1.807) is 12.1 Å². The second kappa shape index (κ2) is 19.1. The summed E-state index contributed by atoms with van der Waals surface area (Å²) in [7, 11) is 0. The summed E-state index contributed by atoms with van der Waals surface area (Å²) in [5.41, 5.74) is 0.643. The minimum atomic E-state index is -0.0996. The molecular weight excluding hydrogens is 498 g/mol. The molecule has 3 N–H and O–H groups in total. The molecule has 0 bridgehead atoms.